The number of benzene rings is 2. The molecule has 7 nitrogen and oxygen atoms in total. The molecule has 2 unspecified atom stereocenters. The maximum atomic E-state index is 14.7. The van der Waals surface area contributed by atoms with Crippen molar-refractivity contribution in [3.63, 3.8) is 0 Å². The number of carbonyl (C=O) groups is 1. The van der Waals surface area contributed by atoms with E-state index in [1.807, 2.05) is 23.1 Å². The van der Waals surface area contributed by atoms with Crippen LogP contribution in [0.15, 0.2) is 67.3 Å². The van der Waals surface area contributed by atoms with E-state index in [2.05, 4.69) is 62.3 Å². The van der Waals surface area contributed by atoms with E-state index in [1.165, 1.54) is 37.8 Å². The number of halogens is 1. The Hall–Kier alpha value is -2.90. The highest BCUT2D eigenvalue weighted by molar-refractivity contribution is 6.30. The van der Waals surface area contributed by atoms with E-state index >= 15 is 0 Å². The largest absolute Gasteiger partial charge is 0.368 e. The van der Waals surface area contributed by atoms with E-state index in [-0.39, 0.29) is 29.3 Å². The molecule has 1 saturated carbocycles. The van der Waals surface area contributed by atoms with Crippen LogP contribution in [0.4, 0.5) is 5.69 Å². The van der Waals surface area contributed by atoms with Crippen molar-refractivity contribution in [3.05, 3.63) is 77.8 Å². The van der Waals surface area contributed by atoms with Crippen LogP contribution in [-0.2, 0) is 17.8 Å². The van der Waals surface area contributed by atoms with E-state index < -0.39 is 0 Å². The summed E-state index contributed by atoms with van der Waals surface area (Å²) in [6, 6.07) is 18.7. The highest BCUT2D eigenvalue weighted by atomic mass is 35.5. The molecule has 42 heavy (non-hydrogen) atoms. The van der Waals surface area contributed by atoms with E-state index in [4.69, 9.17) is 17.3 Å². The van der Waals surface area contributed by atoms with Crippen molar-refractivity contribution in [2.24, 2.45) is 23.0 Å². The summed E-state index contributed by atoms with van der Waals surface area (Å²) in [5.41, 5.74) is 9.08. The highest BCUT2D eigenvalue weighted by Crippen LogP contribution is 2.47. The zero-order chi connectivity index (χ0) is 28.9. The smallest absolute Gasteiger partial charge is 0.228 e. The minimum atomic E-state index is -0.185. The quantitative estimate of drug-likeness (QED) is 0.350. The molecule has 3 fully saturated rings. The van der Waals surface area contributed by atoms with Gasteiger partial charge in [-0.25, -0.2) is 4.98 Å². The van der Waals surface area contributed by atoms with Gasteiger partial charge < -0.3 is 15.5 Å². The number of rotatable bonds is 8. The molecular formula is C34H45ClN6O. The Morgan fingerprint density at radius 1 is 0.976 bits per heavy atom. The zero-order valence-electron chi connectivity index (χ0n) is 24.7. The first-order valence-electron chi connectivity index (χ1n) is 15.9. The van der Waals surface area contributed by atoms with Crippen molar-refractivity contribution < 1.29 is 4.79 Å². The first-order chi connectivity index (χ1) is 20.5. The molecule has 3 aliphatic rings. The summed E-state index contributed by atoms with van der Waals surface area (Å²) < 4.78 is 2.02. The first-order valence-corrected chi connectivity index (χ1v) is 16.3. The number of carbonyl (C=O) groups excluding carboxylic acids is 1. The second-order valence-corrected chi connectivity index (χ2v) is 13.4. The number of nitrogens with zero attached hydrogens (tertiary/aromatic N) is 5. The van der Waals surface area contributed by atoms with Crippen molar-refractivity contribution in [1.82, 2.24) is 19.7 Å². The van der Waals surface area contributed by atoms with E-state index in [1.54, 1.807) is 6.33 Å². The molecule has 8 heteroatoms. The zero-order valence-corrected chi connectivity index (χ0v) is 25.4. The van der Waals surface area contributed by atoms with Crippen molar-refractivity contribution in [3.8, 4) is 0 Å². The van der Waals surface area contributed by atoms with Crippen LogP contribution in [0, 0.1) is 17.3 Å². The third-order valence-corrected chi connectivity index (χ3v) is 10.7. The molecule has 2 N–H and O–H groups in total. The molecular weight excluding hydrogens is 544 g/mol. The van der Waals surface area contributed by atoms with Gasteiger partial charge in [-0.3, -0.25) is 9.48 Å². The van der Waals surface area contributed by atoms with Gasteiger partial charge in [-0.05, 0) is 86.1 Å². The van der Waals surface area contributed by atoms with Crippen LogP contribution in [0.2, 0.25) is 5.02 Å². The van der Waals surface area contributed by atoms with Gasteiger partial charge in [0.25, 0.3) is 0 Å². The SMILES string of the molecule is NC1CCN(c2ccccc2)C([C@@H](Cc2ccc(Cl)cc2)C(=O)N2CCC(Cn3cncn3)(C3CCCCC3)CC2)C1. The summed E-state index contributed by atoms with van der Waals surface area (Å²) in [6.07, 6.45) is 14.5. The van der Waals surface area contributed by atoms with Crippen molar-refractivity contribution in [2.45, 2.75) is 82.8 Å². The molecule has 2 aliphatic heterocycles. The Kier molecular flexibility index (Phi) is 9.15. The standard InChI is InChI=1S/C34H45ClN6O/c35-28-13-11-26(12-14-28)21-31(32-22-29(36)15-18-41(32)30-9-5-2-6-10-30)33(42)39-19-16-34(17-20-39,23-40-25-37-24-38-40)27-7-3-1-4-8-27/h2,5-6,9-14,24-25,27,29,31-32H,1,3-4,7-8,15-23,36H2/t29?,31-,32?/m1/s1. The van der Waals surface area contributed by atoms with Crippen molar-refractivity contribution in [2.75, 3.05) is 24.5 Å². The van der Waals surface area contributed by atoms with Gasteiger partial charge in [-0.1, -0.05) is 61.2 Å². The van der Waals surface area contributed by atoms with Gasteiger partial charge in [-0.15, -0.1) is 0 Å². The maximum absolute atomic E-state index is 14.7. The number of aromatic nitrogens is 3. The molecule has 0 bridgehead atoms. The average Bonchev–Trinajstić information content (AvgIpc) is 3.54. The van der Waals surface area contributed by atoms with Gasteiger partial charge in [0.05, 0.1) is 5.92 Å². The van der Waals surface area contributed by atoms with Gasteiger partial charge in [0.15, 0.2) is 0 Å². The van der Waals surface area contributed by atoms with Crippen LogP contribution in [0.1, 0.15) is 63.4 Å². The van der Waals surface area contributed by atoms with Crippen LogP contribution in [-0.4, -0.2) is 57.3 Å². The molecule has 0 spiro atoms. The highest BCUT2D eigenvalue weighted by Gasteiger charge is 2.45. The first kappa shape index (κ1) is 29.2. The number of piperidine rings is 2. The lowest BCUT2D eigenvalue weighted by molar-refractivity contribution is -0.140. The van der Waals surface area contributed by atoms with Crippen LogP contribution < -0.4 is 10.6 Å². The molecule has 3 heterocycles. The Bertz CT molecular complexity index is 1270. The Labute approximate surface area is 255 Å². The van der Waals surface area contributed by atoms with Crippen molar-refractivity contribution in [1.29, 1.82) is 0 Å². The predicted molar refractivity (Wildman–Crippen MR) is 168 cm³/mol. The minimum absolute atomic E-state index is 0.0412. The molecule has 1 amide bonds. The number of nitrogens with two attached hydrogens (primary N) is 1. The van der Waals surface area contributed by atoms with Gasteiger partial charge in [0.1, 0.15) is 12.7 Å². The van der Waals surface area contributed by atoms with Crippen LogP contribution in [0.5, 0.6) is 0 Å². The number of anilines is 1. The summed E-state index contributed by atoms with van der Waals surface area (Å²) >= 11 is 6.23. The Morgan fingerprint density at radius 2 is 1.71 bits per heavy atom. The third-order valence-electron chi connectivity index (χ3n) is 10.4. The molecule has 2 aromatic carbocycles. The van der Waals surface area contributed by atoms with E-state index in [9.17, 15) is 4.79 Å². The average molecular weight is 589 g/mol. The Balaban J connectivity index is 1.26. The van der Waals surface area contributed by atoms with E-state index in [0.717, 1.165) is 62.4 Å². The lowest BCUT2D eigenvalue weighted by Gasteiger charge is -2.49. The molecule has 3 aromatic rings. The molecule has 1 aromatic heterocycles. The lowest BCUT2D eigenvalue weighted by atomic mass is 9.63. The van der Waals surface area contributed by atoms with Crippen molar-refractivity contribution >= 4 is 23.2 Å². The van der Waals surface area contributed by atoms with Crippen LogP contribution >= 0.6 is 11.6 Å². The molecule has 224 valence electrons. The summed E-state index contributed by atoms with van der Waals surface area (Å²) in [5.74, 6) is 0.765. The molecule has 3 atom stereocenters. The fourth-order valence-corrected chi connectivity index (χ4v) is 8.19. The maximum Gasteiger partial charge on any atom is 0.228 e. The normalized spacial score (nSPS) is 24.0. The molecule has 6 rings (SSSR count). The number of hydrogen-bond donors (Lipinski definition) is 1. The Morgan fingerprint density at radius 3 is 2.40 bits per heavy atom. The summed E-state index contributed by atoms with van der Waals surface area (Å²) in [4.78, 5) is 23.5. The number of hydrogen-bond acceptors (Lipinski definition) is 5. The van der Waals surface area contributed by atoms with Crippen LogP contribution in [0.3, 0.4) is 0 Å². The van der Waals surface area contributed by atoms with Crippen LogP contribution in [0.25, 0.3) is 0 Å². The van der Waals surface area contributed by atoms with E-state index in [0.29, 0.717) is 12.3 Å². The monoisotopic (exact) mass is 588 g/mol. The minimum Gasteiger partial charge on any atom is -0.368 e. The topological polar surface area (TPSA) is 80.3 Å². The second kappa shape index (κ2) is 13.2. The van der Waals surface area contributed by atoms with Gasteiger partial charge in [0, 0.05) is 49.0 Å². The summed E-state index contributed by atoms with van der Waals surface area (Å²) in [5, 5.41) is 5.21. The predicted octanol–water partition coefficient (Wildman–Crippen LogP) is 5.98. The number of amides is 1. The summed E-state index contributed by atoms with van der Waals surface area (Å²) in [7, 11) is 0. The number of likely N-dealkylation sites (tertiary alicyclic amines) is 1. The summed E-state index contributed by atoms with van der Waals surface area (Å²) in [6.45, 7) is 3.35. The van der Waals surface area contributed by atoms with Gasteiger partial charge >= 0.3 is 0 Å². The number of para-hydroxylation sites is 1. The third kappa shape index (κ3) is 6.52. The molecule has 1 aliphatic carbocycles. The molecule has 2 saturated heterocycles. The fraction of sp³-hybridized carbons (Fsp3) is 0.559. The molecule has 0 radical (unpaired) electrons. The second-order valence-electron chi connectivity index (χ2n) is 12.9. The van der Waals surface area contributed by atoms with Gasteiger partial charge in [0.2, 0.25) is 5.91 Å². The fourth-order valence-electron chi connectivity index (χ4n) is 8.06. The lowest BCUT2D eigenvalue weighted by Crippen LogP contribution is -2.57. The van der Waals surface area contributed by atoms with Gasteiger partial charge in [-0.2, -0.15) is 5.10 Å².